The molecule has 0 aliphatic rings. The molecule has 3 N–H and O–H groups in total. The first kappa shape index (κ1) is 16.1. The molecule has 0 bridgehead atoms. The van der Waals surface area contributed by atoms with Crippen LogP contribution in [0, 0.1) is 13.8 Å². The minimum absolute atomic E-state index is 0.118. The SMILES string of the molecule is Cc1cc(C(C)NS(=O)(=O)c2cc(N)ccc2Br)c(C)o1. The first-order chi connectivity index (χ1) is 9.70. The highest BCUT2D eigenvalue weighted by Gasteiger charge is 2.23. The molecule has 7 heteroatoms. The van der Waals surface area contributed by atoms with Crippen LogP contribution in [0.2, 0.25) is 0 Å². The maximum atomic E-state index is 12.5. The van der Waals surface area contributed by atoms with Gasteiger partial charge in [-0.15, -0.1) is 0 Å². The number of aryl methyl sites for hydroxylation is 2. The maximum Gasteiger partial charge on any atom is 0.242 e. The summed E-state index contributed by atoms with van der Waals surface area (Å²) < 4.78 is 33.5. The van der Waals surface area contributed by atoms with E-state index in [-0.39, 0.29) is 4.90 Å². The molecule has 0 aliphatic heterocycles. The van der Waals surface area contributed by atoms with Gasteiger partial charge in [-0.25, -0.2) is 13.1 Å². The standard InChI is InChI=1S/C14H17BrN2O3S/c1-8-6-12(10(3)20-8)9(2)17-21(18,19)14-7-11(16)4-5-13(14)15/h4-7,9,17H,16H2,1-3H3. The molecule has 0 radical (unpaired) electrons. The van der Waals surface area contributed by atoms with Gasteiger partial charge in [0.25, 0.3) is 0 Å². The second-order valence-electron chi connectivity index (χ2n) is 4.90. The number of rotatable bonds is 4. The van der Waals surface area contributed by atoms with Crippen LogP contribution < -0.4 is 10.5 Å². The molecule has 0 spiro atoms. The van der Waals surface area contributed by atoms with E-state index in [1.54, 1.807) is 19.1 Å². The van der Waals surface area contributed by atoms with Crippen LogP contribution in [-0.4, -0.2) is 8.42 Å². The van der Waals surface area contributed by atoms with E-state index in [4.69, 9.17) is 10.2 Å². The van der Waals surface area contributed by atoms with Gasteiger partial charge in [-0.2, -0.15) is 0 Å². The van der Waals surface area contributed by atoms with Crippen molar-refractivity contribution in [3.05, 3.63) is 45.8 Å². The van der Waals surface area contributed by atoms with E-state index in [1.165, 1.54) is 6.07 Å². The lowest BCUT2D eigenvalue weighted by Crippen LogP contribution is -2.27. The highest BCUT2D eigenvalue weighted by atomic mass is 79.9. The predicted molar refractivity (Wildman–Crippen MR) is 85.5 cm³/mol. The lowest BCUT2D eigenvalue weighted by molar-refractivity contribution is 0.496. The number of halogens is 1. The monoisotopic (exact) mass is 372 g/mol. The lowest BCUT2D eigenvalue weighted by Gasteiger charge is -2.15. The second-order valence-corrected chi connectivity index (χ2v) is 7.44. The molecule has 0 amide bonds. The molecule has 0 fully saturated rings. The Morgan fingerprint density at radius 2 is 1.95 bits per heavy atom. The maximum absolute atomic E-state index is 12.5. The van der Waals surface area contributed by atoms with Crippen molar-refractivity contribution in [1.29, 1.82) is 0 Å². The fraction of sp³-hybridized carbons (Fsp3) is 0.286. The minimum atomic E-state index is -3.69. The molecule has 0 saturated carbocycles. The Morgan fingerprint density at radius 3 is 2.52 bits per heavy atom. The van der Waals surface area contributed by atoms with Gasteiger partial charge in [0.15, 0.2) is 0 Å². The van der Waals surface area contributed by atoms with E-state index in [1.807, 2.05) is 19.9 Å². The molecule has 5 nitrogen and oxygen atoms in total. The molecule has 2 rings (SSSR count). The van der Waals surface area contributed by atoms with Crippen LogP contribution in [0.1, 0.15) is 30.0 Å². The van der Waals surface area contributed by atoms with Crippen LogP contribution in [0.5, 0.6) is 0 Å². The summed E-state index contributed by atoms with van der Waals surface area (Å²) in [5.74, 6) is 1.45. The number of sulfonamides is 1. The van der Waals surface area contributed by atoms with E-state index in [9.17, 15) is 8.42 Å². The summed E-state index contributed by atoms with van der Waals surface area (Å²) in [5.41, 5.74) is 6.87. The van der Waals surface area contributed by atoms with Crippen LogP contribution in [-0.2, 0) is 10.0 Å². The quantitative estimate of drug-likeness (QED) is 0.806. The Bertz CT molecular complexity index is 769. The number of hydrogen-bond acceptors (Lipinski definition) is 4. The third-order valence-corrected chi connectivity index (χ3v) is 5.66. The molecule has 1 heterocycles. The number of anilines is 1. The summed E-state index contributed by atoms with van der Waals surface area (Å²) in [6.45, 7) is 5.41. The van der Waals surface area contributed by atoms with E-state index < -0.39 is 16.1 Å². The smallest absolute Gasteiger partial charge is 0.242 e. The summed E-state index contributed by atoms with van der Waals surface area (Å²) in [6, 6.07) is 6.10. The average Bonchev–Trinajstić information content (AvgIpc) is 2.71. The van der Waals surface area contributed by atoms with Crippen molar-refractivity contribution in [3.63, 3.8) is 0 Å². The van der Waals surface area contributed by atoms with Crippen LogP contribution in [0.4, 0.5) is 5.69 Å². The van der Waals surface area contributed by atoms with E-state index >= 15 is 0 Å². The van der Waals surface area contributed by atoms with Crippen molar-refractivity contribution < 1.29 is 12.8 Å². The molecular formula is C14H17BrN2O3S. The van der Waals surface area contributed by atoms with Crippen molar-refractivity contribution >= 4 is 31.6 Å². The van der Waals surface area contributed by atoms with Gasteiger partial charge in [-0.1, -0.05) is 0 Å². The molecule has 1 aromatic carbocycles. The van der Waals surface area contributed by atoms with Crippen molar-refractivity contribution in [2.45, 2.75) is 31.7 Å². The second kappa shape index (κ2) is 5.82. The third-order valence-electron chi connectivity index (χ3n) is 3.12. The highest BCUT2D eigenvalue weighted by molar-refractivity contribution is 9.10. The summed E-state index contributed by atoms with van der Waals surface area (Å²) in [4.78, 5) is 0.118. The number of nitrogens with one attached hydrogen (secondary N) is 1. The third kappa shape index (κ3) is 3.48. The Labute approximate surface area is 132 Å². The number of furan rings is 1. The predicted octanol–water partition coefficient (Wildman–Crippen LogP) is 3.28. The lowest BCUT2D eigenvalue weighted by atomic mass is 10.1. The molecular weight excluding hydrogens is 356 g/mol. The Kier molecular flexibility index (Phi) is 4.46. The van der Waals surface area contributed by atoms with Crippen LogP contribution in [0.3, 0.4) is 0 Å². The summed E-state index contributed by atoms with van der Waals surface area (Å²) in [6.07, 6.45) is 0. The first-order valence-corrected chi connectivity index (χ1v) is 8.62. The van der Waals surface area contributed by atoms with E-state index in [2.05, 4.69) is 20.7 Å². The van der Waals surface area contributed by atoms with Crippen LogP contribution in [0.15, 0.2) is 38.1 Å². The molecule has 1 aromatic heterocycles. The topological polar surface area (TPSA) is 85.3 Å². The Hall–Kier alpha value is -1.31. The van der Waals surface area contributed by atoms with Crippen molar-refractivity contribution in [3.8, 4) is 0 Å². The molecule has 0 saturated heterocycles. The van der Waals surface area contributed by atoms with E-state index in [0.717, 1.165) is 11.3 Å². The fourth-order valence-electron chi connectivity index (χ4n) is 2.17. The van der Waals surface area contributed by atoms with Crippen LogP contribution in [0.25, 0.3) is 0 Å². The van der Waals surface area contributed by atoms with Gasteiger partial charge in [0.2, 0.25) is 10.0 Å². The zero-order valence-corrected chi connectivity index (χ0v) is 14.4. The number of nitrogens with two attached hydrogens (primary N) is 1. The fourth-order valence-corrected chi connectivity index (χ4v) is 4.39. The summed E-state index contributed by atoms with van der Waals surface area (Å²) >= 11 is 3.24. The van der Waals surface area contributed by atoms with Gasteiger partial charge in [-0.3, -0.25) is 0 Å². The Balaban J connectivity index is 2.33. The molecule has 2 aromatic rings. The van der Waals surface area contributed by atoms with Gasteiger partial charge < -0.3 is 10.2 Å². The molecule has 1 unspecified atom stereocenters. The van der Waals surface area contributed by atoms with Gasteiger partial charge in [-0.05, 0) is 61.0 Å². The zero-order chi connectivity index (χ0) is 15.8. The molecule has 21 heavy (non-hydrogen) atoms. The van der Waals surface area contributed by atoms with Gasteiger partial charge in [0.1, 0.15) is 11.5 Å². The zero-order valence-electron chi connectivity index (χ0n) is 12.0. The van der Waals surface area contributed by atoms with E-state index in [0.29, 0.717) is 15.9 Å². The average molecular weight is 373 g/mol. The molecule has 1 atom stereocenters. The van der Waals surface area contributed by atoms with Crippen LogP contribution >= 0.6 is 15.9 Å². The Morgan fingerprint density at radius 1 is 1.29 bits per heavy atom. The number of benzene rings is 1. The van der Waals surface area contributed by atoms with Crippen molar-refractivity contribution in [1.82, 2.24) is 4.72 Å². The van der Waals surface area contributed by atoms with Gasteiger partial charge >= 0.3 is 0 Å². The summed E-state index contributed by atoms with van der Waals surface area (Å²) in [7, 11) is -3.69. The van der Waals surface area contributed by atoms with Crippen molar-refractivity contribution in [2.75, 3.05) is 5.73 Å². The minimum Gasteiger partial charge on any atom is -0.466 e. The molecule has 0 aliphatic carbocycles. The van der Waals surface area contributed by atoms with Crippen molar-refractivity contribution in [2.24, 2.45) is 0 Å². The normalized spacial score (nSPS) is 13.3. The molecule has 114 valence electrons. The number of hydrogen-bond donors (Lipinski definition) is 2. The van der Waals surface area contributed by atoms with Gasteiger partial charge in [0.05, 0.1) is 4.90 Å². The summed E-state index contributed by atoms with van der Waals surface area (Å²) in [5, 5.41) is 0. The highest BCUT2D eigenvalue weighted by Crippen LogP contribution is 2.27. The largest absolute Gasteiger partial charge is 0.466 e. The first-order valence-electron chi connectivity index (χ1n) is 6.35. The van der Waals surface area contributed by atoms with Gasteiger partial charge in [0, 0.05) is 21.8 Å². The number of nitrogen functional groups attached to an aromatic ring is 1.